The molecular weight excluding hydrogens is 443 g/mol. The van der Waals surface area contributed by atoms with Crippen LogP contribution in [0.3, 0.4) is 0 Å². The summed E-state index contributed by atoms with van der Waals surface area (Å²) >= 11 is 0. The Morgan fingerprint density at radius 1 is 0.912 bits per heavy atom. The molecule has 5 rings (SSSR count). The second kappa shape index (κ2) is 7.61. The third kappa shape index (κ3) is 3.22. The number of imide groups is 3. The number of hydrogen-bond acceptors (Lipinski definition) is 5. The number of rotatable bonds is 3. The van der Waals surface area contributed by atoms with Crippen molar-refractivity contribution >= 4 is 29.8 Å². The van der Waals surface area contributed by atoms with Crippen molar-refractivity contribution in [1.29, 1.82) is 0 Å². The van der Waals surface area contributed by atoms with Crippen molar-refractivity contribution in [1.82, 2.24) is 19.6 Å². The minimum atomic E-state index is -0.770. The van der Waals surface area contributed by atoms with Crippen LogP contribution < -0.4 is 0 Å². The number of benzene rings is 1. The van der Waals surface area contributed by atoms with Crippen molar-refractivity contribution in [2.75, 3.05) is 14.1 Å². The van der Waals surface area contributed by atoms with Crippen LogP contribution in [0.5, 0.6) is 0 Å². The number of urea groups is 2. The van der Waals surface area contributed by atoms with Crippen LogP contribution in [0.2, 0.25) is 0 Å². The van der Waals surface area contributed by atoms with Crippen LogP contribution in [0.1, 0.15) is 50.5 Å². The highest BCUT2D eigenvalue weighted by Gasteiger charge is 2.67. The molecule has 1 aromatic rings. The first kappa shape index (κ1) is 22.5. The molecule has 180 valence electrons. The average molecular weight is 471 g/mol. The van der Waals surface area contributed by atoms with Gasteiger partial charge in [0.1, 0.15) is 17.8 Å². The van der Waals surface area contributed by atoms with E-state index in [-0.39, 0.29) is 36.4 Å². The normalized spacial score (nSPS) is 31.9. The molecule has 2 saturated carbocycles. The van der Waals surface area contributed by atoms with E-state index in [9.17, 15) is 28.4 Å². The molecule has 0 radical (unpaired) electrons. The van der Waals surface area contributed by atoms with E-state index in [4.69, 9.17) is 0 Å². The first-order chi connectivity index (χ1) is 16.1. The van der Waals surface area contributed by atoms with Gasteiger partial charge >= 0.3 is 12.1 Å². The van der Waals surface area contributed by atoms with Gasteiger partial charge in [-0.3, -0.25) is 29.1 Å². The molecule has 0 atom stereocenters. The van der Waals surface area contributed by atoms with Gasteiger partial charge in [-0.1, -0.05) is 12.1 Å². The summed E-state index contributed by atoms with van der Waals surface area (Å²) in [6.45, 7) is -0.0170. The van der Waals surface area contributed by atoms with Gasteiger partial charge < -0.3 is 4.90 Å². The Hall–Kier alpha value is -3.30. The number of nitrogens with zero attached hydrogens (tertiary/aromatic N) is 4. The molecule has 0 N–H and O–H groups in total. The van der Waals surface area contributed by atoms with E-state index in [1.807, 2.05) is 0 Å². The monoisotopic (exact) mass is 470 g/mol. The summed E-state index contributed by atoms with van der Waals surface area (Å²) in [5.41, 5.74) is -0.254. The molecule has 2 heterocycles. The van der Waals surface area contributed by atoms with Crippen LogP contribution in [0.15, 0.2) is 24.3 Å². The number of amides is 7. The first-order valence-electron chi connectivity index (χ1n) is 11.5. The predicted octanol–water partition coefficient (Wildman–Crippen LogP) is 2.49. The summed E-state index contributed by atoms with van der Waals surface area (Å²) in [5, 5.41) is 0. The smallest absolute Gasteiger partial charge is 0.313 e. The molecule has 0 aromatic heterocycles. The largest absolute Gasteiger partial charge is 0.333 e. The van der Waals surface area contributed by atoms with E-state index < -0.39 is 29.2 Å². The predicted molar refractivity (Wildman–Crippen MR) is 116 cm³/mol. The molecule has 2 spiro atoms. The minimum absolute atomic E-state index is 0.0170. The van der Waals surface area contributed by atoms with E-state index >= 15 is 0 Å². The zero-order valence-electron chi connectivity index (χ0n) is 19.3. The Balaban J connectivity index is 1.25. The molecule has 2 aliphatic heterocycles. The van der Waals surface area contributed by atoms with Gasteiger partial charge in [0.2, 0.25) is 11.8 Å². The summed E-state index contributed by atoms with van der Waals surface area (Å²) in [6, 6.07) is 4.32. The highest BCUT2D eigenvalue weighted by Crippen LogP contribution is 2.61. The Labute approximate surface area is 196 Å². The van der Waals surface area contributed by atoms with Gasteiger partial charge in [-0.2, -0.15) is 0 Å². The minimum Gasteiger partial charge on any atom is -0.313 e. The Kier molecular flexibility index (Phi) is 5.03. The molecule has 4 fully saturated rings. The molecule has 2 aliphatic carbocycles. The molecular formula is C24H27FN4O5. The van der Waals surface area contributed by atoms with Crippen molar-refractivity contribution in [2.24, 2.45) is 5.41 Å². The second-order valence-electron chi connectivity index (χ2n) is 10.2. The van der Waals surface area contributed by atoms with Crippen LogP contribution in [0.4, 0.5) is 14.0 Å². The van der Waals surface area contributed by atoms with Crippen molar-refractivity contribution in [3.63, 3.8) is 0 Å². The first-order valence-corrected chi connectivity index (χ1v) is 11.5. The lowest BCUT2D eigenvalue weighted by molar-refractivity contribution is -0.150. The van der Waals surface area contributed by atoms with E-state index in [1.165, 1.54) is 41.1 Å². The highest BCUT2D eigenvalue weighted by atomic mass is 19.1. The fourth-order valence-corrected chi connectivity index (χ4v) is 6.30. The molecule has 0 unspecified atom stereocenters. The zero-order chi connectivity index (χ0) is 24.4. The van der Waals surface area contributed by atoms with Crippen LogP contribution in [0, 0.1) is 11.2 Å². The van der Waals surface area contributed by atoms with Crippen molar-refractivity contribution < 1.29 is 28.4 Å². The third-order valence-electron chi connectivity index (χ3n) is 8.20. The summed E-state index contributed by atoms with van der Waals surface area (Å²) in [4.78, 5) is 68.2. The fourth-order valence-electron chi connectivity index (χ4n) is 6.30. The van der Waals surface area contributed by atoms with Crippen LogP contribution in [-0.2, 0) is 20.9 Å². The number of likely N-dealkylation sites (N-methyl/N-ethyl adjacent to an activating group) is 2. The second-order valence-corrected chi connectivity index (χ2v) is 10.2. The number of carbonyl (C=O) groups is 5. The summed E-state index contributed by atoms with van der Waals surface area (Å²) in [7, 11) is 3.17. The lowest BCUT2D eigenvalue weighted by Gasteiger charge is -2.58. The maximum atomic E-state index is 13.2. The van der Waals surface area contributed by atoms with E-state index in [2.05, 4.69) is 0 Å². The Bertz CT molecular complexity index is 1090. The van der Waals surface area contributed by atoms with Gasteiger partial charge in [-0.15, -0.1) is 0 Å². The van der Waals surface area contributed by atoms with E-state index in [1.54, 1.807) is 11.9 Å². The van der Waals surface area contributed by atoms with Gasteiger partial charge in [0, 0.05) is 20.1 Å². The Morgan fingerprint density at radius 2 is 1.53 bits per heavy atom. The van der Waals surface area contributed by atoms with Gasteiger partial charge in [-0.05, 0) is 61.6 Å². The Morgan fingerprint density at radius 3 is 2.09 bits per heavy atom. The van der Waals surface area contributed by atoms with Crippen molar-refractivity contribution in [2.45, 2.75) is 63.1 Å². The van der Waals surface area contributed by atoms with Crippen LogP contribution >= 0.6 is 0 Å². The van der Waals surface area contributed by atoms with Crippen molar-refractivity contribution in [3.05, 3.63) is 35.6 Å². The van der Waals surface area contributed by atoms with Gasteiger partial charge in [0.05, 0.1) is 6.54 Å². The molecule has 2 saturated heterocycles. The number of barbiturate groups is 1. The lowest BCUT2D eigenvalue weighted by atomic mass is 9.51. The van der Waals surface area contributed by atoms with Gasteiger partial charge in [0.25, 0.3) is 5.91 Å². The number of hydrogen-bond donors (Lipinski definition) is 0. The topological polar surface area (TPSA) is 98.3 Å². The number of carbonyl (C=O) groups excluding carboxylic acids is 5. The molecule has 10 heteroatoms. The molecule has 0 bridgehead atoms. The summed E-state index contributed by atoms with van der Waals surface area (Å²) < 4.78 is 13.2. The van der Waals surface area contributed by atoms with Crippen LogP contribution in [0.25, 0.3) is 0 Å². The summed E-state index contributed by atoms with van der Waals surface area (Å²) in [6.07, 6.45) is 3.47. The lowest BCUT2D eigenvalue weighted by Crippen LogP contribution is -2.64. The number of halogens is 1. The summed E-state index contributed by atoms with van der Waals surface area (Å²) in [5.74, 6) is -1.62. The molecule has 7 amide bonds. The zero-order valence-corrected chi connectivity index (χ0v) is 19.3. The fraction of sp³-hybridized carbons (Fsp3) is 0.542. The van der Waals surface area contributed by atoms with Gasteiger partial charge in [-0.25, -0.2) is 14.0 Å². The molecule has 9 nitrogen and oxygen atoms in total. The van der Waals surface area contributed by atoms with Crippen LogP contribution in [-0.4, -0.2) is 75.1 Å². The molecule has 34 heavy (non-hydrogen) atoms. The average Bonchev–Trinajstić information content (AvgIpc) is 2.94. The van der Waals surface area contributed by atoms with Gasteiger partial charge in [0.15, 0.2) is 0 Å². The quantitative estimate of drug-likeness (QED) is 0.499. The SMILES string of the molecule is CN1C(=O)N(C)C2(CC3(CCC(N4C(=O)CC(=O)N(Cc5ccc(F)cc5)C4=O)CC3)C2)C1=O. The standard InChI is InChI=1S/C24H27FN4O5/c1-26-20(32)24(27(2)21(26)33)13-23(14-24)9-7-17(8-10-23)29-19(31)11-18(30)28(22(29)34)12-15-3-5-16(25)6-4-15/h3-6,17H,7-14H2,1-2H3. The highest BCUT2D eigenvalue weighted by molar-refractivity contribution is 6.14. The van der Waals surface area contributed by atoms with Crippen molar-refractivity contribution in [3.8, 4) is 0 Å². The van der Waals surface area contributed by atoms with E-state index in [0.717, 1.165) is 17.7 Å². The molecule has 4 aliphatic rings. The molecule has 1 aromatic carbocycles. The maximum absolute atomic E-state index is 13.2. The maximum Gasteiger partial charge on any atom is 0.333 e. The third-order valence-corrected chi connectivity index (χ3v) is 8.20. The van der Waals surface area contributed by atoms with E-state index in [0.29, 0.717) is 31.2 Å².